The molecule has 2 atom stereocenters. The summed E-state index contributed by atoms with van der Waals surface area (Å²) in [5.41, 5.74) is 0.746. The first-order valence-corrected chi connectivity index (χ1v) is 9.69. The highest BCUT2D eigenvalue weighted by Gasteiger charge is 2.17. The Morgan fingerprint density at radius 1 is 0.792 bits per heavy atom. The second-order valence-electron chi connectivity index (χ2n) is 6.76. The quantitative estimate of drug-likeness (QED) is 0.447. The molecular formula is C21H36O3. The number of rotatable bonds is 14. The van der Waals surface area contributed by atoms with Gasteiger partial charge >= 0.3 is 0 Å². The molecular weight excluding hydrogens is 300 g/mol. The van der Waals surface area contributed by atoms with Crippen molar-refractivity contribution in [3.8, 4) is 5.75 Å². The Balaban J connectivity index is 2.07. The third-order valence-corrected chi connectivity index (χ3v) is 4.68. The summed E-state index contributed by atoms with van der Waals surface area (Å²) in [6.07, 6.45) is 11.9. The molecule has 1 aromatic rings. The largest absolute Gasteiger partial charge is 0.497 e. The van der Waals surface area contributed by atoms with E-state index >= 15 is 0 Å². The van der Waals surface area contributed by atoms with Gasteiger partial charge in [-0.15, -0.1) is 0 Å². The molecule has 1 rings (SSSR count). The standard InChI is InChI=1S/C21H36O3/c1-3-4-5-6-7-8-9-10-11-12-13-20(22)21(23)18-14-16-19(24-2)17-15-18/h14-17,20-23H,3-13H2,1-2H3. The van der Waals surface area contributed by atoms with Crippen LogP contribution in [0.25, 0.3) is 0 Å². The Morgan fingerprint density at radius 3 is 1.79 bits per heavy atom. The summed E-state index contributed by atoms with van der Waals surface area (Å²) < 4.78 is 5.10. The molecule has 3 nitrogen and oxygen atoms in total. The van der Waals surface area contributed by atoms with E-state index in [0.717, 1.165) is 24.2 Å². The maximum absolute atomic E-state index is 10.2. The van der Waals surface area contributed by atoms with Crippen LogP contribution in [0.1, 0.15) is 89.2 Å². The van der Waals surface area contributed by atoms with Crippen LogP contribution in [0.3, 0.4) is 0 Å². The minimum atomic E-state index is -0.811. The fourth-order valence-corrected chi connectivity index (χ4v) is 3.02. The van der Waals surface area contributed by atoms with Gasteiger partial charge in [0.05, 0.1) is 13.2 Å². The Bertz CT molecular complexity index is 402. The van der Waals surface area contributed by atoms with Crippen molar-refractivity contribution in [2.45, 2.75) is 89.8 Å². The lowest BCUT2D eigenvalue weighted by Gasteiger charge is -2.18. The van der Waals surface area contributed by atoms with E-state index in [9.17, 15) is 10.2 Å². The molecule has 0 fully saturated rings. The van der Waals surface area contributed by atoms with Gasteiger partial charge in [0, 0.05) is 0 Å². The molecule has 0 aliphatic heterocycles. The average molecular weight is 337 g/mol. The molecule has 3 heteroatoms. The van der Waals surface area contributed by atoms with Crippen molar-refractivity contribution in [1.29, 1.82) is 0 Å². The predicted octanol–water partition coefficient (Wildman–Crippen LogP) is 5.40. The third-order valence-electron chi connectivity index (χ3n) is 4.68. The normalized spacial score (nSPS) is 13.7. The number of methoxy groups -OCH3 is 1. The summed E-state index contributed by atoms with van der Waals surface area (Å²) in [4.78, 5) is 0. The lowest BCUT2D eigenvalue weighted by atomic mass is 9.99. The third kappa shape index (κ3) is 8.70. The highest BCUT2D eigenvalue weighted by atomic mass is 16.5. The van der Waals surface area contributed by atoms with Crippen LogP contribution >= 0.6 is 0 Å². The first-order chi connectivity index (χ1) is 11.7. The van der Waals surface area contributed by atoms with Crippen molar-refractivity contribution in [3.05, 3.63) is 29.8 Å². The first kappa shape index (κ1) is 21.0. The molecule has 138 valence electrons. The average Bonchev–Trinajstić information content (AvgIpc) is 2.62. The molecule has 0 amide bonds. The lowest BCUT2D eigenvalue weighted by molar-refractivity contribution is 0.0119. The minimum Gasteiger partial charge on any atom is -0.497 e. The van der Waals surface area contributed by atoms with Crippen molar-refractivity contribution >= 4 is 0 Å². The Morgan fingerprint density at radius 2 is 1.29 bits per heavy atom. The van der Waals surface area contributed by atoms with Gasteiger partial charge in [-0.3, -0.25) is 0 Å². The number of aliphatic hydroxyl groups excluding tert-OH is 2. The molecule has 0 saturated heterocycles. The van der Waals surface area contributed by atoms with Gasteiger partial charge in [-0.25, -0.2) is 0 Å². The monoisotopic (exact) mass is 336 g/mol. The van der Waals surface area contributed by atoms with E-state index in [4.69, 9.17) is 4.74 Å². The fraction of sp³-hybridized carbons (Fsp3) is 0.714. The van der Waals surface area contributed by atoms with Gasteiger partial charge in [0.2, 0.25) is 0 Å². The van der Waals surface area contributed by atoms with Gasteiger partial charge in [0.25, 0.3) is 0 Å². The van der Waals surface area contributed by atoms with Crippen LogP contribution in [0.2, 0.25) is 0 Å². The van der Waals surface area contributed by atoms with Gasteiger partial charge in [-0.05, 0) is 24.1 Å². The van der Waals surface area contributed by atoms with E-state index in [1.54, 1.807) is 7.11 Å². The smallest absolute Gasteiger partial charge is 0.118 e. The maximum Gasteiger partial charge on any atom is 0.118 e. The highest BCUT2D eigenvalue weighted by Crippen LogP contribution is 2.23. The van der Waals surface area contributed by atoms with Gasteiger partial charge in [0.1, 0.15) is 11.9 Å². The lowest BCUT2D eigenvalue weighted by Crippen LogP contribution is -2.18. The van der Waals surface area contributed by atoms with Crippen LogP contribution in [-0.2, 0) is 0 Å². The molecule has 2 N–H and O–H groups in total. The van der Waals surface area contributed by atoms with Gasteiger partial charge in [-0.2, -0.15) is 0 Å². The van der Waals surface area contributed by atoms with Gasteiger partial charge in [-0.1, -0.05) is 83.3 Å². The molecule has 0 saturated carbocycles. The van der Waals surface area contributed by atoms with E-state index in [2.05, 4.69) is 6.92 Å². The SMILES string of the molecule is CCCCCCCCCCCCC(O)C(O)c1ccc(OC)cc1. The predicted molar refractivity (Wildman–Crippen MR) is 100 cm³/mol. The summed E-state index contributed by atoms with van der Waals surface area (Å²) in [6.45, 7) is 2.25. The van der Waals surface area contributed by atoms with Crippen molar-refractivity contribution in [2.75, 3.05) is 7.11 Å². The minimum absolute atomic E-state index is 0.656. The second-order valence-corrected chi connectivity index (χ2v) is 6.76. The van der Waals surface area contributed by atoms with E-state index in [-0.39, 0.29) is 0 Å². The molecule has 0 spiro atoms. The molecule has 0 aliphatic carbocycles. The fourth-order valence-electron chi connectivity index (χ4n) is 3.02. The Labute approximate surface area is 148 Å². The van der Waals surface area contributed by atoms with Crippen LogP contribution in [-0.4, -0.2) is 23.4 Å². The summed E-state index contributed by atoms with van der Waals surface area (Å²) in [7, 11) is 1.62. The molecule has 0 bridgehead atoms. The molecule has 1 aromatic carbocycles. The number of benzene rings is 1. The van der Waals surface area contributed by atoms with Crippen molar-refractivity contribution in [2.24, 2.45) is 0 Å². The van der Waals surface area contributed by atoms with E-state index in [1.807, 2.05) is 24.3 Å². The van der Waals surface area contributed by atoms with Gasteiger partial charge < -0.3 is 14.9 Å². The number of hydrogen-bond acceptors (Lipinski definition) is 3. The number of unbranched alkanes of at least 4 members (excludes halogenated alkanes) is 9. The molecule has 0 aliphatic rings. The Hall–Kier alpha value is -1.06. The molecule has 0 heterocycles. The van der Waals surface area contributed by atoms with Crippen molar-refractivity contribution in [3.63, 3.8) is 0 Å². The zero-order valence-corrected chi connectivity index (χ0v) is 15.5. The van der Waals surface area contributed by atoms with E-state index in [1.165, 1.54) is 51.4 Å². The first-order valence-electron chi connectivity index (χ1n) is 9.69. The molecule has 24 heavy (non-hydrogen) atoms. The van der Waals surface area contributed by atoms with Crippen molar-refractivity contribution < 1.29 is 14.9 Å². The summed E-state index contributed by atoms with van der Waals surface area (Å²) in [5.74, 6) is 0.759. The van der Waals surface area contributed by atoms with Gasteiger partial charge in [0.15, 0.2) is 0 Å². The summed E-state index contributed by atoms with van der Waals surface area (Å²) >= 11 is 0. The maximum atomic E-state index is 10.2. The number of ether oxygens (including phenoxy) is 1. The highest BCUT2D eigenvalue weighted by molar-refractivity contribution is 5.28. The zero-order valence-electron chi connectivity index (χ0n) is 15.5. The van der Waals surface area contributed by atoms with Crippen molar-refractivity contribution in [1.82, 2.24) is 0 Å². The molecule has 2 unspecified atom stereocenters. The van der Waals surface area contributed by atoms with E-state index in [0.29, 0.717) is 6.42 Å². The Kier molecular flexibility index (Phi) is 11.6. The van der Waals surface area contributed by atoms with Crippen LogP contribution in [0, 0.1) is 0 Å². The summed E-state index contributed by atoms with van der Waals surface area (Å²) in [5, 5.41) is 20.3. The second kappa shape index (κ2) is 13.3. The number of hydrogen-bond donors (Lipinski definition) is 2. The zero-order chi connectivity index (χ0) is 17.6. The molecule has 0 radical (unpaired) electrons. The van der Waals surface area contributed by atoms with Crippen LogP contribution in [0.4, 0.5) is 0 Å². The summed E-state index contributed by atoms with van der Waals surface area (Å²) in [6, 6.07) is 7.24. The van der Waals surface area contributed by atoms with E-state index < -0.39 is 12.2 Å². The van der Waals surface area contributed by atoms with Crippen LogP contribution in [0.5, 0.6) is 5.75 Å². The molecule has 0 aromatic heterocycles. The van der Waals surface area contributed by atoms with Crippen LogP contribution in [0.15, 0.2) is 24.3 Å². The number of aliphatic hydroxyl groups is 2. The van der Waals surface area contributed by atoms with Crippen LogP contribution < -0.4 is 4.74 Å². The topological polar surface area (TPSA) is 49.7 Å².